The van der Waals surface area contributed by atoms with Crippen molar-refractivity contribution in [1.29, 1.82) is 0 Å². The Kier molecular flexibility index (Phi) is 11.5. The molecule has 0 spiro atoms. The highest BCUT2D eigenvalue weighted by molar-refractivity contribution is 7.90. The predicted octanol–water partition coefficient (Wildman–Crippen LogP) is 10.5. The Morgan fingerprint density at radius 2 is 1.00 bits per heavy atom. The van der Waals surface area contributed by atoms with Gasteiger partial charge < -0.3 is 0 Å². The van der Waals surface area contributed by atoms with Crippen molar-refractivity contribution in [2.75, 3.05) is 0 Å². The van der Waals surface area contributed by atoms with Gasteiger partial charge in [0.05, 0.1) is 11.6 Å². The van der Waals surface area contributed by atoms with Gasteiger partial charge in [0.1, 0.15) is 5.57 Å². The lowest BCUT2D eigenvalue weighted by molar-refractivity contribution is 0.487. The van der Waals surface area contributed by atoms with Gasteiger partial charge in [-0.1, -0.05) is 75.2 Å². The Balaban J connectivity index is 1.78. The second-order valence-electron chi connectivity index (χ2n) is 15.2. The maximum absolute atomic E-state index is 13.0. The number of benzene rings is 4. The van der Waals surface area contributed by atoms with Crippen LogP contribution < -0.4 is 0 Å². The number of aryl methyl sites for hydroxylation is 6. The zero-order valence-corrected chi connectivity index (χ0v) is 34.1. The lowest BCUT2D eigenvalue weighted by atomic mass is 9.82. The molecule has 4 aromatic carbocycles. The summed E-state index contributed by atoms with van der Waals surface area (Å²) in [4.78, 5) is -0.627. The molecule has 0 aromatic heterocycles. The molecule has 278 valence electrons. The molecule has 2 N–H and O–H groups in total. The summed E-state index contributed by atoms with van der Waals surface area (Å²) < 4.78 is 70.7. The predicted molar refractivity (Wildman–Crippen MR) is 218 cm³/mol. The monoisotopic (exact) mass is 751 g/mol. The average molecular weight is 752 g/mol. The normalized spacial score (nSPS) is 13.7. The van der Waals surface area contributed by atoms with Gasteiger partial charge in [-0.05, 0) is 146 Å². The highest BCUT2D eigenvalue weighted by Gasteiger charge is 2.40. The first kappa shape index (κ1) is 40.0. The molecule has 6 nitrogen and oxygen atoms in total. The number of allylic oxidation sites excluding steroid dienone is 2. The standard InChI is InChI=1S/C45H50O6S2/c1-26(2)40-23-36(13-11-34(40)21-42-30(7)17-28(5)18-31(42)8)45(39-16-15-38(52(46,47)48)25-44(39)53(49,50)51)37-14-12-35(41(24-37)27(3)4)22-43-32(9)19-29(6)20-33(43)10/h11-20,23-27H,21-22H2,1-10H3,(H-,46,47,48,49,50,51)/p+1. The fourth-order valence-corrected chi connectivity index (χ4v) is 9.12. The number of hydrogen-bond acceptors (Lipinski definition) is 4. The first-order chi connectivity index (χ1) is 24.6. The number of rotatable bonds is 10. The zero-order valence-electron chi connectivity index (χ0n) is 32.4. The highest BCUT2D eigenvalue weighted by atomic mass is 32.2. The van der Waals surface area contributed by atoms with Gasteiger partial charge >= 0.3 is 20.2 Å². The summed E-state index contributed by atoms with van der Waals surface area (Å²) in [6.45, 7) is 21.2. The topological polar surface area (TPSA) is 109 Å². The van der Waals surface area contributed by atoms with Gasteiger partial charge in [0.2, 0.25) is 0 Å². The van der Waals surface area contributed by atoms with Crippen LogP contribution in [0.2, 0.25) is 0 Å². The third-order valence-corrected chi connectivity index (χ3v) is 12.1. The van der Waals surface area contributed by atoms with E-state index in [0.717, 1.165) is 41.2 Å². The van der Waals surface area contributed by atoms with E-state index in [1.165, 1.54) is 56.7 Å². The molecule has 8 heteroatoms. The van der Waals surface area contributed by atoms with Crippen LogP contribution in [0, 0.1) is 46.8 Å². The Hall–Kier alpha value is -4.21. The van der Waals surface area contributed by atoms with E-state index in [1.807, 2.05) is 12.1 Å². The summed E-state index contributed by atoms with van der Waals surface area (Å²) in [7, 11) is -9.72. The third-order valence-electron chi connectivity index (χ3n) is 10.3. The summed E-state index contributed by atoms with van der Waals surface area (Å²) in [6, 6.07) is 21.1. The van der Waals surface area contributed by atoms with Crippen LogP contribution in [0.3, 0.4) is 0 Å². The first-order valence-corrected chi connectivity index (χ1v) is 20.9. The maximum Gasteiger partial charge on any atom is 0.331 e. The average Bonchev–Trinajstić information content (AvgIpc) is 3.04. The minimum atomic E-state index is -4.95. The van der Waals surface area contributed by atoms with Crippen LogP contribution >= 0.6 is 0 Å². The van der Waals surface area contributed by atoms with Crippen molar-refractivity contribution in [2.24, 2.45) is 0 Å². The SMILES string of the molecule is Cc1cc(C)c(Cc2ccc(C(=C3C=CC(S(=O)(=O)O)=C[C+]3S(=O)(=O)O)c3ccc(Cc4c(C)cc(C)cc4C)c(C(C)C)c3)cc2C(C)C)c(C)c1. The van der Waals surface area contributed by atoms with E-state index in [1.54, 1.807) is 0 Å². The van der Waals surface area contributed by atoms with Gasteiger partial charge in [-0.2, -0.15) is 16.8 Å². The Labute approximate surface area is 316 Å². The lowest BCUT2D eigenvalue weighted by Gasteiger charge is -2.21. The molecule has 0 amide bonds. The summed E-state index contributed by atoms with van der Waals surface area (Å²) in [5, 5.41) is -0.607. The molecule has 0 fully saturated rings. The molecule has 0 atom stereocenters. The Bertz CT molecular complexity index is 2250. The van der Waals surface area contributed by atoms with Crippen molar-refractivity contribution in [2.45, 2.75) is 93.9 Å². The van der Waals surface area contributed by atoms with Crippen LogP contribution in [0.5, 0.6) is 0 Å². The van der Waals surface area contributed by atoms with Crippen molar-refractivity contribution < 1.29 is 25.9 Å². The van der Waals surface area contributed by atoms with E-state index in [4.69, 9.17) is 0 Å². The molecule has 0 radical (unpaired) electrons. The molecule has 0 bridgehead atoms. The highest BCUT2D eigenvalue weighted by Crippen LogP contribution is 2.41. The molecule has 0 aliphatic heterocycles. The quantitative estimate of drug-likeness (QED) is 0.123. The van der Waals surface area contributed by atoms with Gasteiger partial charge in [0.15, 0.2) is 10.2 Å². The van der Waals surface area contributed by atoms with Crippen molar-refractivity contribution in [1.82, 2.24) is 0 Å². The minimum absolute atomic E-state index is 0.120. The van der Waals surface area contributed by atoms with Crippen LogP contribution in [0.25, 0.3) is 5.57 Å². The molecule has 0 heterocycles. The van der Waals surface area contributed by atoms with Crippen LogP contribution in [-0.2, 0) is 33.1 Å². The third kappa shape index (κ3) is 8.79. The Morgan fingerprint density at radius 3 is 1.34 bits per heavy atom. The molecule has 0 saturated heterocycles. The minimum Gasteiger partial charge on any atom is -0.275 e. The summed E-state index contributed by atoms with van der Waals surface area (Å²) in [5.41, 5.74) is 16.4. The van der Waals surface area contributed by atoms with Gasteiger partial charge in [-0.25, -0.2) is 0 Å². The van der Waals surface area contributed by atoms with Crippen molar-refractivity contribution in [3.63, 3.8) is 0 Å². The summed E-state index contributed by atoms with van der Waals surface area (Å²) in [6.07, 6.45) is 4.79. The fourth-order valence-electron chi connectivity index (χ4n) is 7.82. The molecule has 1 aliphatic carbocycles. The molecule has 0 unspecified atom stereocenters. The van der Waals surface area contributed by atoms with Gasteiger partial charge in [0, 0.05) is 23.3 Å². The summed E-state index contributed by atoms with van der Waals surface area (Å²) in [5.74, 6) is 0.240. The van der Waals surface area contributed by atoms with Crippen LogP contribution in [0.1, 0.15) is 117 Å². The van der Waals surface area contributed by atoms with Crippen LogP contribution in [0.15, 0.2) is 89.4 Å². The van der Waals surface area contributed by atoms with Crippen molar-refractivity contribution >= 4 is 25.8 Å². The van der Waals surface area contributed by atoms with E-state index in [9.17, 15) is 25.9 Å². The fraction of sp³-hybridized carbons (Fsp3) is 0.311. The molecule has 5 rings (SSSR count). The zero-order chi connectivity index (χ0) is 39.2. The maximum atomic E-state index is 13.0. The van der Waals surface area contributed by atoms with Gasteiger partial charge in [0.25, 0.3) is 0 Å². The first-order valence-electron chi connectivity index (χ1n) is 18.0. The van der Waals surface area contributed by atoms with Crippen molar-refractivity contribution in [3.8, 4) is 0 Å². The van der Waals surface area contributed by atoms with E-state index in [2.05, 4.69) is 118 Å². The smallest absolute Gasteiger partial charge is 0.275 e. The lowest BCUT2D eigenvalue weighted by Crippen LogP contribution is -2.18. The molecular weight excluding hydrogens is 701 g/mol. The van der Waals surface area contributed by atoms with Crippen LogP contribution in [-0.4, -0.2) is 25.9 Å². The molecular formula is C45H51O6S2+. The largest absolute Gasteiger partial charge is 0.331 e. The van der Waals surface area contributed by atoms with Gasteiger partial charge in [-0.3, -0.25) is 9.11 Å². The van der Waals surface area contributed by atoms with E-state index >= 15 is 0 Å². The number of hydrogen-bond donors (Lipinski definition) is 2. The van der Waals surface area contributed by atoms with Crippen LogP contribution in [0.4, 0.5) is 0 Å². The van der Waals surface area contributed by atoms with E-state index in [-0.39, 0.29) is 17.4 Å². The molecule has 1 aliphatic rings. The molecule has 0 saturated carbocycles. The van der Waals surface area contributed by atoms with Gasteiger partial charge in [-0.15, -0.1) is 0 Å². The Morgan fingerprint density at radius 1 is 0.604 bits per heavy atom. The second kappa shape index (κ2) is 15.3. The molecule has 4 aromatic rings. The molecule has 53 heavy (non-hydrogen) atoms. The van der Waals surface area contributed by atoms with E-state index in [0.29, 0.717) is 16.7 Å². The second-order valence-corrected chi connectivity index (χ2v) is 18.0. The summed E-state index contributed by atoms with van der Waals surface area (Å²) >= 11 is 0. The van der Waals surface area contributed by atoms with Crippen molar-refractivity contribution in [3.05, 3.63) is 173 Å². The van der Waals surface area contributed by atoms with E-state index < -0.39 is 30.4 Å².